The molecule has 18 heavy (non-hydrogen) atoms. The molecule has 1 aromatic heterocycles. The largest absolute Gasteiger partial charge is 0.369 e. The van der Waals surface area contributed by atoms with E-state index in [2.05, 4.69) is 9.55 Å². The number of thioether (sulfide) groups is 1. The highest BCUT2D eigenvalue weighted by molar-refractivity contribution is 7.99. The average molecular weight is 282 g/mol. The molecule has 0 bridgehead atoms. The minimum absolute atomic E-state index is 0.602. The topological polar surface area (TPSA) is 43.8 Å². The number of anilines is 1. The van der Waals surface area contributed by atoms with E-state index in [1.165, 1.54) is 24.3 Å². The van der Waals surface area contributed by atoms with Gasteiger partial charge in [-0.2, -0.15) is 11.8 Å². The highest BCUT2D eigenvalue weighted by atomic mass is 35.5. The maximum absolute atomic E-state index is 6.02. The highest BCUT2D eigenvalue weighted by Crippen LogP contribution is 2.28. The van der Waals surface area contributed by atoms with E-state index in [0.717, 1.165) is 23.5 Å². The zero-order chi connectivity index (χ0) is 12.5. The van der Waals surface area contributed by atoms with Crippen LogP contribution in [-0.2, 0) is 6.54 Å². The SMILES string of the molecule is Nc1nc2cc(Cl)ccc2n1CC1CCSCC1. The molecule has 2 N–H and O–H groups in total. The Kier molecular flexibility index (Phi) is 3.39. The number of aromatic nitrogens is 2. The minimum atomic E-state index is 0.602. The summed E-state index contributed by atoms with van der Waals surface area (Å²) in [6.07, 6.45) is 2.55. The smallest absolute Gasteiger partial charge is 0.201 e. The summed E-state index contributed by atoms with van der Waals surface area (Å²) in [7, 11) is 0. The summed E-state index contributed by atoms with van der Waals surface area (Å²) < 4.78 is 2.13. The fourth-order valence-corrected chi connectivity index (χ4v) is 3.87. The molecule has 3 rings (SSSR count). The van der Waals surface area contributed by atoms with E-state index in [0.29, 0.717) is 11.0 Å². The lowest BCUT2D eigenvalue weighted by molar-refractivity contribution is 0.425. The Hall–Kier alpha value is -0.870. The number of nitrogens with two attached hydrogens (primary N) is 1. The zero-order valence-corrected chi connectivity index (χ0v) is 11.7. The standard InChI is InChI=1S/C13H16ClN3S/c14-10-1-2-12-11(7-10)16-13(15)17(12)8-9-3-5-18-6-4-9/h1-2,7,9H,3-6,8H2,(H2,15,16). The molecule has 1 aliphatic heterocycles. The molecule has 0 aliphatic carbocycles. The van der Waals surface area contributed by atoms with Crippen LogP contribution in [0.1, 0.15) is 12.8 Å². The van der Waals surface area contributed by atoms with Crippen LogP contribution in [0.5, 0.6) is 0 Å². The lowest BCUT2D eigenvalue weighted by Gasteiger charge is -2.22. The number of fused-ring (bicyclic) bond motifs is 1. The lowest BCUT2D eigenvalue weighted by Crippen LogP contribution is -2.17. The van der Waals surface area contributed by atoms with E-state index in [-0.39, 0.29) is 0 Å². The molecule has 1 aromatic carbocycles. The van der Waals surface area contributed by atoms with Gasteiger partial charge in [-0.25, -0.2) is 4.98 Å². The number of nitrogen functional groups attached to an aromatic ring is 1. The molecule has 3 nitrogen and oxygen atoms in total. The molecule has 1 saturated heterocycles. The molecule has 1 fully saturated rings. The molecule has 1 aliphatic rings. The molecular weight excluding hydrogens is 266 g/mol. The Labute approximate surface area is 116 Å². The van der Waals surface area contributed by atoms with Crippen molar-refractivity contribution >= 4 is 40.3 Å². The molecule has 0 unspecified atom stereocenters. The Morgan fingerprint density at radius 2 is 2.17 bits per heavy atom. The minimum Gasteiger partial charge on any atom is -0.369 e. The third-order valence-electron chi connectivity index (χ3n) is 3.52. The molecule has 2 aromatic rings. The summed E-state index contributed by atoms with van der Waals surface area (Å²) in [4.78, 5) is 4.39. The summed E-state index contributed by atoms with van der Waals surface area (Å²) in [6.45, 7) is 0.977. The van der Waals surface area contributed by atoms with Crippen molar-refractivity contribution in [1.29, 1.82) is 0 Å². The second-order valence-corrected chi connectivity index (χ2v) is 6.43. The van der Waals surface area contributed by atoms with Crippen LogP contribution < -0.4 is 5.73 Å². The van der Waals surface area contributed by atoms with Gasteiger partial charge in [0.2, 0.25) is 5.95 Å². The number of imidazole rings is 1. The molecule has 0 atom stereocenters. The van der Waals surface area contributed by atoms with Gasteiger partial charge in [-0.1, -0.05) is 11.6 Å². The maximum Gasteiger partial charge on any atom is 0.201 e. The van der Waals surface area contributed by atoms with Gasteiger partial charge in [0.05, 0.1) is 11.0 Å². The number of halogens is 1. The molecule has 5 heteroatoms. The van der Waals surface area contributed by atoms with Crippen LogP contribution in [0.4, 0.5) is 5.95 Å². The van der Waals surface area contributed by atoms with Crippen LogP contribution >= 0.6 is 23.4 Å². The molecule has 96 valence electrons. The van der Waals surface area contributed by atoms with Gasteiger partial charge in [-0.15, -0.1) is 0 Å². The van der Waals surface area contributed by atoms with E-state index in [4.69, 9.17) is 17.3 Å². The first-order chi connectivity index (χ1) is 8.74. The maximum atomic E-state index is 6.02. The molecular formula is C13H16ClN3S. The van der Waals surface area contributed by atoms with Crippen molar-refractivity contribution in [3.63, 3.8) is 0 Å². The van der Waals surface area contributed by atoms with Crippen LogP contribution in [-0.4, -0.2) is 21.1 Å². The van der Waals surface area contributed by atoms with E-state index in [1.807, 2.05) is 30.0 Å². The van der Waals surface area contributed by atoms with Gasteiger partial charge < -0.3 is 10.3 Å². The third-order valence-corrected chi connectivity index (χ3v) is 4.81. The third kappa shape index (κ3) is 2.31. The van der Waals surface area contributed by atoms with Gasteiger partial charge in [0.1, 0.15) is 0 Å². The monoisotopic (exact) mass is 281 g/mol. The van der Waals surface area contributed by atoms with Crippen LogP contribution in [0.15, 0.2) is 18.2 Å². The fourth-order valence-electron chi connectivity index (χ4n) is 2.50. The highest BCUT2D eigenvalue weighted by Gasteiger charge is 2.17. The van der Waals surface area contributed by atoms with Crippen molar-refractivity contribution in [2.24, 2.45) is 5.92 Å². The van der Waals surface area contributed by atoms with E-state index in [9.17, 15) is 0 Å². The number of hydrogen-bond acceptors (Lipinski definition) is 3. The van der Waals surface area contributed by atoms with Crippen molar-refractivity contribution in [1.82, 2.24) is 9.55 Å². The van der Waals surface area contributed by atoms with Crippen LogP contribution in [0.2, 0.25) is 5.02 Å². The summed E-state index contributed by atoms with van der Waals surface area (Å²) in [5, 5.41) is 0.709. The molecule has 0 radical (unpaired) electrons. The van der Waals surface area contributed by atoms with Crippen molar-refractivity contribution < 1.29 is 0 Å². The van der Waals surface area contributed by atoms with Gasteiger partial charge in [-0.05, 0) is 48.5 Å². The lowest BCUT2D eigenvalue weighted by atomic mass is 10.0. The summed E-state index contributed by atoms with van der Waals surface area (Å²) >= 11 is 8.03. The number of hydrogen-bond donors (Lipinski definition) is 1. The first kappa shape index (κ1) is 12.2. The summed E-state index contributed by atoms with van der Waals surface area (Å²) in [6, 6.07) is 5.79. The van der Waals surface area contributed by atoms with Crippen LogP contribution in [0, 0.1) is 5.92 Å². The Morgan fingerprint density at radius 3 is 2.94 bits per heavy atom. The second-order valence-electron chi connectivity index (χ2n) is 4.77. The number of nitrogens with zero attached hydrogens (tertiary/aromatic N) is 2. The Morgan fingerprint density at radius 1 is 1.39 bits per heavy atom. The predicted molar refractivity (Wildman–Crippen MR) is 79.2 cm³/mol. The number of benzene rings is 1. The van der Waals surface area contributed by atoms with Crippen molar-refractivity contribution in [2.45, 2.75) is 19.4 Å². The van der Waals surface area contributed by atoms with Crippen molar-refractivity contribution in [2.75, 3.05) is 17.2 Å². The average Bonchev–Trinajstić information content (AvgIpc) is 2.66. The predicted octanol–water partition coefficient (Wildman–Crippen LogP) is 3.42. The molecule has 0 amide bonds. The number of rotatable bonds is 2. The molecule has 0 spiro atoms. The summed E-state index contributed by atoms with van der Waals surface area (Å²) in [5.41, 5.74) is 8.01. The summed E-state index contributed by atoms with van der Waals surface area (Å²) in [5.74, 6) is 3.86. The van der Waals surface area contributed by atoms with Gasteiger partial charge in [0.25, 0.3) is 0 Å². The Bertz CT molecular complexity index is 561. The zero-order valence-electron chi connectivity index (χ0n) is 10.1. The quantitative estimate of drug-likeness (QED) is 0.917. The van der Waals surface area contributed by atoms with Gasteiger partial charge in [-0.3, -0.25) is 0 Å². The van der Waals surface area contributed by atoms with Crippen LogP contribution in [0.25, 0.3) is 11.0 Å². The van der Waals surface area contributed by atoms with Crippen LogP contribution in [0.3, 0.4) is 0 Å². The van der Waals surface area contributed by atoms with Gasteiger partial charge in [0.15, 0.2) is 0 Å². The first-order valence-electron chi connectivity index (χ1n) is 6.23. The van der Waals surface area contributed by atoms with E-state index < -0.39 is 0 Å². The fraction of sp³-hybridized carbons (Fsp3) is 0.462. The molecule has 2 heterocycles. The molecule has 0 saturated carbocycles. The van der Waals surface area contributed by atoms with Crippen molar-refractivity contribution in [3.8, 4) is 0 Å². The second kappa shape index (κ2) is 5.02. The van der Waals surface area contributed by atoms with Gasteiger partial charge >= 0.3 is 0 Å². The van der Waals surface area contributed by atoms with E-state index >= 15 is 0 Å². The normalized spacial score (nSPS) is 17.4. The first-order valence-corrected chi connectivity index (χ1v) is 7.76. The van der Waals surface area contributed by atoms with Crippen molar-refractivity contribution in [3.05, 3.63) is 23.2 Å². The van der Waals surface area contributed by atoms with Gasteiger partial charge in [0, 0.05) is 11.6 Å². The van der Waals surface area contributed by atoms with E-state index in [1.54, 1.807) is 0 Å². The Balaban J connectivity index is 1.92.